The van der Waals surface area contributed by atoms with Gasteiger partial charge in [0.2, 0.25) is 5.91 Å². The number of hydrogen-bond donors (Lipinski definition) is 2. The van der Waals surface area contributed by atoms with E-state index in [-0.39, 0.29) is 30.9 Å². The Morgan fingerprint density at radius 2 is 2.00 bits per heavy atom. The van der Waals surface area contributed by atoms with Crippen molar-refractivity contribution < 1.29 is 23.8 Å². The van der Waals surface area contributed by atoms with Gasteiger partial charge in [-0.25, -0.2) is 4.39 Å². The molecule has 0 aliphatic carbocycles. The van der Waals surface area contributed by atoms with Gasteiger partial charge in [-0.2, -0.15) is 0 Å². The van der Waals surface area contributed by atoms with Crippen LogP contribution in [0.3, 0.4) is 0 Å². The van der Waals surface area contributed by atoms with Crippen molar-refractivity contribution in [3.05, 3.63) is 59.9 Å². The molecule has 2 aromatic carbocycles. The second-order valence-electron chi connectivity index (χ2n) is 7.47. The van der Waals surface area contributed by atoms with E-state index in [0.717, 1.165) is 24.9 Å². The summed E-state index contributed by atoms with van der Waals surface area (Å²) in [5, 5.41) is 13.7. The predicted octanol–water partition coefficient (Wildman–Crippen LogP) is 2.74. The molecule has 1 aliphatic rings. The number of rotatable bonds is 11. The smallest absolute Gasteiger partial charge is 0.222 e. The van der Waals surface area contributed by atoms with Crippen molar-refractivity contribution in [2.75, 3.05) is 26.8 Å². The molecule has 0 bridgehead atoms. The Balaban J connectivity index is 1.41. The topological polar surface area (TPSA) is 71.0 Å². The van der Waals surface area contributed by atoms with Crippen LogP contribution in [0.5, 0.6) is 11.5 Å². The fraction of sp³-hybridized carbons (Fsp3) is 0.435. The van der Waals surface area contributed by atoms with Crippen molar-refractivity contribution in [1.29, 1.82) is 0 Å². The van der Waals surface area contributed by atoms with Crippen molar-refractivity contribution in [2.45, 2.75) is 38.0 Å². The molecule has 162 valence electrons. The zero-order valence-electron chi connectivity index (χ0n) is 17.2. The normalized spacial score (nSPS) is 17.2. The Bertz CT molecular complexity index is 815. The summed E-state index contributed by atoms with van der Waals surface area (Å²) in [5.41, 5.74) is 1.01. The van der Waals surface area contributed by atoms with Gasteiger partial charge in [0, 0.05) is 25.1 Å². The summed E-state index contributed by atoms with van der Waals surface area (Å²) in [6, 6.07) is 13.7. The standard InChI is InChI=1S/C23H29FN2O4/c1-29-21-3-2-4-22(13-21)30-16-20(27)15-26-19(9-10-23(26)28)11-12-25-14-17-5-7-18(24)8-6-17/h2-8,13,19-20,25,27H,9-12,14-16H2,1H3/t19-,20-/m0/s1. The number of hydrogen-bond acceptors (Lipinski definition) is 5. The zero-order chi connectivity index (χ0) is 21.3. The van der Waals surface area contributed by atoms with Crippen LogP contribution in [0, 0.1) is 5.82 Å². The van der Waals surface area contributed by atoms with Gasteiger partial charge in [-0.3, -0.25) is 4.79 Å². The first-order valence-corrected chi connectivity index (χ1v) is 10.2. The number of ether oxygens (including phenoxy) is 2. The molecule has 2 atom stereocenters. The zero-order valence-corrected chi connectivity index (χ0v) is 17.2. The molecule has 6 nitrogen and oxygen atoms in total. The number of aliphatic hydroxyl groups excluding tert-OH is 1. The number of aliphatic hydroxyl groups is 1. The lowest BCUT2D eigenvalue weighted by Gasteiger charge is -2.27. The summed E-state index contributed by atoms with van der Waals surface area (Å²) in [4.78, 5) is 14.0. The highest BCUT2D eigenvalue weighted by molar-refractivity contribution is 5.78. The van der Waals surface area contributed by atoms with Gasteiger partial charge in [-0.1, -0.05) is 18.2 Å². The Hall–Kier alpha value is -2.64. The summed E-state index contributed by atoms with van der Waals surface area (Å²) >= 11 is 0. The monoisotopic (exact) mass is 416 g/mol. The van der Waals surface area contributed by atoms with Crippen LogP contribution in [0.2, 0.25) is 0 Å². The van der Waals surface area contributed by atoms with Crippen LogP contribution in [0.25, 0.3) is 0 Å². The summed E-state index contributed by atoms with van der Waals surface area (Å²) in [6.07, 6.45) is 1.33. The maximum absolute atomic E-state index is 13.0. The van der Waals surface area contributed by atoms with Gasteiger partial charge in [0.25, 0.3) is 0 Å². The van der Waals surface area contributed by atoms with Gasteiger partial charge in [-0.05, 0) is 49.2 Å². The van der Waals surface area contributed by atoms with E-state index in [0.29, 0.717) is 24.5 Å². The molecule has 1 saturated heterocycles. The van der Waals surface area contributed by atoms with Crippen molar-refractivity contribution >= 4 is 5.91 Å². The van der Waals surface area contributed by atoms with Gasteiger partial charge in [0.1, 0.15) is 30.0 Å². The van der Waals surface area contributed by atoms with Gasteiger partial charge >= 0.3 is 0 Å². The van der Waals surface area contributed by atoms with Gasteiger partial charge in [0.15, 0.2) is 0 Å². The minimum absolute atomic E-state index is 0.0685. The van der Waals surface area contributed by atoms with Crippen LogP contribution < -0.4 is 14.8 Å². The van der Waals surface area contributed by atoms with E-state index < -0.39 is 6.10 Å². The second-order valence-corrected chi connectivity index (χ2v) is 7.47. The first-order chi connectivity index (χ1) is 14.5. The van der Waals surface area contributed by atoms with Crippen molar-refractivity contribution in [3.63, 3.8) is 0 Å². The van der Waals surface area contributed by atoms with E-state index in [1.54, 1.807) is 36.3 Å². The van der Waals surface area contributed by atoms with Crippen molar-refractivity contribution in [2.24, 2.45) is 0 Å². The lowest BCUT2D eigenvalue weighted by Crippen LogP contribution is -2.42. The van der Waals surface area contributed by atoms with Crippen molar-refractivity contribution in [1.82, 2.24) is 10.2 Å². The van der Waals surface area contributed by atoms with Crippen LogP contribution in [0.4, 0.5) is 4.39 Å². The quantitative estimate of drug-likeness (QED) is 0.551. The van der Waals surface area contributed by atoms with Crippen molar-refractivity contribution in [3.8, 4) is 11.5 Å². The average molecular weight is 416 g/mol. The highest BCUT2D eigenvalue weighted by Crippen LogP contribution is 2.22. The second kappa shape index (κ2) is 10.9. The largest absolute Gasteiger partial charge is 0.497 e. The van der Waals surface area contributed by atoms with E-state index in [9.17, 15) is 14.3 Å². The molecular weight excluding hydrogens is 387 g/mol. The van der Waals surface area contributed by atoms with Gasteiger partial charge in [0.05, 0.1) is 13.7 Å². The molecule has 2 N–H and O–H groups in total. The molecule has 0 saturated carbocycles. The number of methoxy groups -OCH3 is 1. The summed E-state index contributed by atoms with van der Waals surface area (Å²) in [5.74, 6) is 1.12. The number of carbonyl (C=O) groups is 1. The first kappa shape index (κ1) is 22.1. The molecule has 1 aliphatic heterocycles. The molecule has 1 fully saturated rings. The Morgan fingerprint density at radius 1 is 1.23 bits per heavy atom. The minimum Gasteiger partial charge on any atom is -0.497 e. The highest BCUT2D eigenvalue weighted by Gasteiger charge is 2.31. The molecule has 0 spiro atoms. The molecule has 0 unspecified atom stereocenters. The third-order valence-corrected chi connectivity index (χ3v) is 5.24. The van der Waals surface area contributed by atoms with Crippen LogP contribution in [-0.4, -0.2) is 54.9 Å². The average Bonchev–Trinajstić information content (AvgIpc) is 3.10. The molecular formula is C23H29FN2O4. The summed E-state index contributed by atoms with van der Waals surface area (Å²) in [6.45, 7) is 1.75. The van der Waals surface area contributed by atoms with Gasteiger partial charge < -0.3 is 24.8 Å². The fourth-order valence-electron chi connectivity index (χ4n) is 3.61. The maximum Gasteiger partial charge on any atom is 0.222 e. The lowest BCUT2D eigenvalue weighted by atomic mass is 10.1. The number of nitrogens with one attached hydrogen (secondary N) is 1. The Morgan fingerprint density at radius 3 is 2.77 bits per heavy atom. The third-order valence-electron chi connectivity index (χ3n) is 5.24. The lowest BCUT2D eigenvalue weighted by molar-refractivity contribution is -0.130. The minimum atomic E-state index is -0.770. The Kier molecular flexibility index (Phi) is 8.04. The number of nitrogens with zero attached hydrogens (tertiary/aromatic N) is 1. The number of benzene rings is 2. The van der Waals surface area contributed by atoms with Crippen LogP contribution in [0.1, 0.15) is 24.8 Å². The molecule has 1 amide bonds. The Labute approximate surface area is 176 Å². The van der Waals surface area contributed by atoms with E-state index in [2.05, 4.69) is 5.32 Å². The van der Waals surface area contributed by atoms with Gasteiger partial charge in [-0.15, -0.1) is 0 Å². The molecule has 2 aromatic rings. The van der Waals surface area contributed by atoms with E-state index in [1.807, 2.05) is 12.1 Å². The number of carbonyl (C=O) groups excluding carboxylic acids is 1. The molecule has 3 rings (SSSR count). The molecule has 0 aromatic heterocycles. The number of halogens is 1. The first-order valence-electron chi connectivity index (χ1n) is 10.2. The van der Waals surface area contributed by atoms with E-state index >= 15 is 0 Å². The predicted molar refractivity (Wildman–Crippen MR) is 112 cm³/mol. The molecule has 30 heavy (non-hydrogen) atoms. The SMILES string of the molecule is COc1cccc(OC[C@@H](O)CN2C(=O)CC[C@H]2CCNCc2ccc(F)cc2)c1. The maximum atomic E-state index is 13.0. The molecule has 7 heteroatoms. The fourth-order valence-corrected chi connectivity index (χ4v) is 3.61. The highest BCUT2D eigenvalue weighted by atomic mass is 19.1. The van der Waals surface area contributed by atoms with Crippen LogP contribution >= 0.6 is 0 Å². The van der Waals surface area contributed by atoms with E-state index in [4.69, 9.17) is 9.47 Å². The van der Waals surface area contributed by atoms with E-state index in [1.165, 1.54) is 12.1 Å². The number of likely N-dealkylation sites (tertiary alicyclic amines) is 1. The van der Waals surface area contributed by atoms with Crippen LogP contribution in [-0.2, 0) is 11.3 Å². The molecule has 0 radical (unpaired) electrons. The number of amides is 1. The third kappa shape index (κ3) is 6.43. The molecule has 1 heterocycles. The summed E-state index contributed by atoms with van der Waals surface area (Å²) < 4.78 is 23.8. The van der Waals surface area contributed by atoms with Crippen LogP contribution in [0.15, 0.2) is 48.5 Å². The number of β-amino-alcohol motifs (C(OH)–C–C–N with tert-alkyl or cyclic N) is 1. The summed E-state index contributed by atoms with van der Waals surface area (Å²) in [7, 11) is 1.58.